The molecule has 0 aromatic rings. The van der Waals surface area contributed by atoms with Crippen molar-refractivity contribution in [2.75, 3.05) is 20.8 Å². The summed E-state index contributed by atoms with van der Waals surface area (Å²) in [6, 6.07) is 0. The van der Waals surface area contributed by atoms with E-state index in [2.05, 4.69) is 19.2 Å². The first-order chi connectivity index (χ1) is 3.62. The Bertz CT molecular complexity index is 61.5. The summed E-state index contributed by atoms with van der Waals surface area (Å²) >= 11 is 0. The summed E-state index contributed by atoms with van der Waals surface area (Å²) < 4.78 is 4.94. The molecule has 0 aliphatic rings. The molecule has 0 saturated carbocycles. The van der Waals surface area contributed by atoms with Crippen LogP contribution in [0.5, 0.6) is 0 Å². The largest absolute Gasteiger partial charge is 0.383 e. The van der Waals surface area contributed by atoms with Gasteiger partial charge >= 0.3 is 0 Å². The second-order valence-corrected chi connectivity index (χ2v) is 2.57. The van der Waals surface area contributed by atoms with Gasteiger partial charge in [0.05, 0.1) is 6.61 Å². The van der Waals surface area contributed by atoms with Crippen LogP contribution in [0.15, 0.2) is 0 Å². The van der Waals surface area contributed by atoms with Gasteiger partial charge in [0, 0.05) is 12.6 Å². The van der Waals surface area contributed by atoms with Gasteiger partial charge in [-0.1, -0.05) is 0 Å². The summed E-state index contributed by atoms with van der Waals surface area (Å²) in [5.41, 5.74) is 0.120. The summed E-state index contributed by atoms with van der Waals surface area (Å²) in [4.78, 5) is 0. The van der Waals surface area contributed by atoms with Gasteiger partial charge in [-0.2, -0.15) is 0 Å². The van der Waals surface area contributed by atoms with E-state index in [1.54, 1.807) is 7.11 Å². The van der Waals surface area contributed by atoms with Crippen molar-refractivity contribution in [3.05, 3.63) is 0 Å². The minimum absolute atomic E-state index is 0.120. The van der Waals surface area contributed by atoms with Crippen molar-refractivity contribution in [3.63, 3.8) is 0 Å². The molecular weight excluding hydrogens is 102 g/mol. The van der Waals surface area contributed by atoms with Crippen LogP contribution in [0.1, 0.15) is 13.8 Å². The zero-order valence-corrected chi connectivity index (χ0v) is 6.12. The van der Waals surface area contributed by atoms with Crippen LogP contribution in [0, 0.1) is 0 Å². The molecule has 1 N–H and O–H groups in total. The Kier molecular flexibility index (Phi) is 3.02. The van der Waals surface area contributed by atoms with Gasteiger partial charge in [0.25, 0.3) is 0 Å². The Labute approximate surface area is 51.2 Å². The monoisotopic (exact) mass is 117 g/mol. The van der Waals surface area contributed by atoms with Gasteiger partial charge in [0.2, 0.25) is 0 Å². The van der Waals surface area contributed by atoms with Crippen molar-refractivity contribution in [1.82, 2.24) is 5.32 Å². The molecule has 0 radical (unpaired) electrons. The van der Waals surface area contributed by atoms with E-state index in [-0.39, 0.29) is 5.54 Å². The van der Waals surface area contributed by atoms with Gasteiger partial charge in [0.1, 0.15) is 0 Å². The fourth-order valence-corrected chi connectivity index (χ4v) is 0.433. The molecule has 2 nitrogen and oxygen atoms in total. The molecule has 0 aliphatic heterocycles. The minimum Gasteiger partial charge on any atom is -0.383 e. The van der Waals surface area contributed by atoms with Gasteiger partial charge < -0.3 is 10.1 Å². The molecule has 0 aliphatic carbocycles. The molecule has 0 spiro atoms. The highest BCUT2D eigenvalue weighted by Gasteiger charge is 2.12. The Balaban J connectivity index is 3.37. The van der Waals surface area contributed by atoms with Crippen molar-refractivity contribution in [3.8, 4) is 0 Å². The third-order valence-corrected chi connectivity index (χ3v) is 1.18. The van der Waals surface area contributed by atoms with Crippen molar-refractivity contribution < 1.29 is 4.74 Å². The highest BCUT2D eigenvalue weighted by molar-refractivity contribution is 4.73. The lowest BCUT2D eigenvalue weighted by atomic mass is 10.1. The van der Waals surface area contributed by atoms with Crippen LogP contribution in [-0.2, 0) is 4.74 Å². The van der Waals surface area contributed by atoms with E-state index in [0.29, 0.717) is 0 Å². The Hall–Kier alpha value is -0.0800. The van der Waals surface area contributed by atoms with Crippen molar-refractivity contribution in [2.24, 2.45) is 0 Å². The summed E-state index contributed by atoms with van der Waals surface area (Å²) in [5.74, 6) is 0. The first kappa shape index (κ1) is 7.92. The van der Waals surface area contributed by atoms with Gasteiger partial charge in [-0.05, 0) is 20.9 Å². The number of ether oxygens (including phenoxy) is 1. The molecule has 8 heavy (non-hydrogen) atoms. The highest BCUT2D eigenvalue weighted by Crippen LogP contribution is 1.98. The maximum absolute atomic E-state index is 4.94. The van der Waals surface area contributed by atoms with Crippen LogP contribution in [0.25, 0.3) is 0 Å². The molecule has 0 fully saturated rings. The molecule has 0 heterocycles. The smallest absolute Gasteiger partial charge is 0.0638 e. The molecule has 0 atom stereocenters. The third-order valence-electron chi connectivity index (χ3n) is 1.18. The molecule has 0 unspecified atom stereocenters. The lowest BCUT2D eigenvalue weighted by Crippen LogP contribution is -2.40. The third kappa shape index (κ3) is 2.99. The summed E-state index contributed by atoms with van der Waals surface area (Å²) in [5, 5.41) is 3.12. The topological polar surface area (TPSA) is 21.3 Å². The SMILES string of the molecule is CNC(C)(C)COC. The molecule has 0 aromatic carbocycles. The van der Waals surface area contributed by atoms with Gasteiger partial charge in [-0.25, -0.2) is 0 Å². The van der Waals surface area contributed by atoms with Gasteiger partial charge in [-0.3, -0.25) is 0 Å². The summed E-state index contributed by atoms with van der Waals surface area (Å²) in [6.45, 7) is 4.94. The molecule has 0 amide bonds. The van der Waals surface area contributed by atoms with Crippen LogP contribution >= 0.6 is 0 Å². The second-order valence-electron chi connectivity index (χ2n) is 2.57. The van der Waals surface area contributed by atoms with Crippen LogP contribution in [-0.4, -0.2) is 26.3 Å². The molecule has 0 bridgehead atoms. The minimum atomic E-state index is 0.120. The Morgan fingerprint density at radius 1 is 1.50 bits per heavy atom. The maximum Gasteiger partial charge on any atom is 0.0638 e. The fourth-order valence-electron chi connectivity index (χ4n) is 0.433. The first-order valence-electron chi connectivity index (χ1n) is 2.80. The Morgan fingerprint density at radius 2 is 2.00 bits per heavy atom. The number of hydrogen-bond acceptors (Lipinski definition) is 2. The molecule has 0 saturated heterocycles. The number of nitrogens with one attached hydrogen (secondary N) is 1. The molecule has 0 aromatic heterocycles. The van der Waals surface area contributed by atoms with Crippen LogP contribution < -0.4 is 5.32 Å². The average Bonchev–Trinajstić information content (AvgIpc) is 1.67. The molecule has 2 heteroatoms. The van der Waals surface area contributed by atoms with E-state index >= 15 is 0 Å². The van der Waals surface area contributed by atoms with E-state index in [1.807, 2.05) is 7.05 Å². The van der Waals surface area contributed by atoms with E-state index in [9.17, 15) is 0 Å². The number of rotatable bonds is 3. The maximum atomic E-state index is 4.94. The van der Waals surface area contributed by atoms with E-state index < -0.39 is 0 Å². The van der Waals surface area contributed by atoms with E-state index in [1.165, 1.54) is 0 Å². The lowest BCUT2D eigenvalue weighted by Gasteiger charge is -2.21. The van der Waals surface area contributed by atoms with Gasteiger partial charge in [0.15, 0.2) is 0 Å². The van der Waals surface area contributed by atoms with Crippen LogP contribution in [0.4, 0.5) is 0 Å². The van der Waals surface area contributed by atoms with E-state index in [4.69, 9.17) is 4.74 Å². The summed E-state index contributed by atoms with van der Waals surface area (Å²) in [6.07, 6.45) is 0. The zero-order valence-electron chi connectivity index (χ0n) is 6.12. The second kappa shape index (κ2) is 3.05. The molecular formula is C6H15NO. The normalized spacial score (nSPS) is 12.0. The summed E-state index contributed by atoms with van der Waals surface area (Å²) in [7, 11) is 3.64. The van der Waals surface area contributed by atoms with Crippen LogP contribution in [0.2, 0.25) is 0 Å². The van der Waals surface area contributed by atoms with Crippen molar-refractivity contribution in [1.29, 1.82) is 0 Å². The lowest BCUT2D eigenvalue weighted by molar-refractivity contribution is 0.133. The highest BCUT2D eigenvalue weighted by atomic mass is 16.5. The molecule has 0 rings (SSSR count). The van der Waals surface area contributed by atoms with E-state index in [0.717, 1.165) is 6.61 Å². The first-order valence-corrected chi connectivity index (χ1v) is 2.80. The average molecular weight is 117 g/mol. The zero-order chi connectivity index (χ0) is 6.62. The fraction of sp³-hybridized carbons (Fsp3) is 1.00. The molecule has 50 valence electrons. The predicted octanol–water partition coefficient (Wildman–Crippen LogP) is 0.631. The Morgan fingerprint density at radius 3 is 2.12 bits per heavy atom. The number of hydrogen-bond donors (Lipinski definition) is 1. The quantitative estimate of drug-likeness (QED) is 0.585. The predicted molar refractivity (Wildman–Crippen MR) is 35.0 cm³/mol. The van der Waals surface area contributed by atoms with Crippen molar-refractivity contribution >= 4 is 0 Å². The van der Waals surface area contributed by atoms with Gasteiger partial charge in [-0.15, -0.1) is 0 Å². The standard InChI is InChI=1S/C6H15NO/c1-6(2,7-3)5-8-4/h7H,5H2,1-4H3. The van der Waals surface area contributed by atoms with Crippen molar-refractivity contribution in [2.45, 2.75) is 19.4 Å². The van der Waals surface area contributed by atoms with Crippen LogP contribution in [0.3, 0.4) is 0 Å². The number of methoxy groups -OCH3 is 1. The number of likely N-dealkylation sites (N-methyl/N-ethyl adjacent to an activating group) is 1.